The predicted molar refractivity (Wildman–Crippen MR) is 71.1 cm³/mol. The van der Waals surface area contributed by atoms with Crippen molar-refractivity contribution in [1.29, 1.82) is 0 Å². The first kappa shape index (κ1) is 15.6. The number of halogens is 2. The molecule has 0 aromatic heterocycles. The van der Waals surface area contributed by atoms with Gasteiger partial charge in [-0.2, -0.15) is 4.31 Å². The molecular weight excluding hydrogens is 304 g/mol. The highest BCUT2D eigenvalue weighted by atomic mass is 32.2. The highest BCUT2D eigenvalue weighted by Gasteiger charge is 2.31. The second kappa shape index (κ2) is 5.94. The van der Waals surface area contributed by atoms with Gasteiger partial charge in [-0.05, 0) is 18.2 Å². The van der Waals surface area contributed by atoms with Crippen LogP contribution in [-0.2, 0) is 10.0 Å². The third-order valence-corrected chi connectivity index (χ3v) is 5.16. The van der Waals surface area contributed by atoms with E-state index >= 15 is 0 Å². The molecule has 0 unspecified atom stereocenters. The fourth-order valence-corrected chi connectivity index (χ4v) is 3.60. The van der Waals surface area contributed by atoms with Gasteiger partial charge in [0.2, 0.25) is 10.0 Å². The summed E-state index contributed by atoms with van der Waals surface area (Å²) in [6.45, 7) is 0.448. The second-order valence-electron chi connectivity index (χ2n) is 4.52. The van der Waals surface area contributed by atoms with Gasteiger partial charge < -0.3 is 10.2 Å². The number of amides is 2. The van der Waals surface area contributed by atoms with Crippen LogP contribution in [0.3, 0.4) is 0 Å². The van der Waals surface area contributed by atoms with Gasteiger partial charge in [-0.3, -0.25) is 0 Å². The highest BCUT2D eigenvalue weighted by molar-refractivity contribution is 7.89. The molecular formula is C12H15F2N3O3S. The Morgan fingerprint density at radius 2 is 1.81 bits per heavy atom. The van der Waals surface area contributed by atoms with Crippen molar-refractivity contribution >= 4 is 16.1 Å². The van der Waals surface area contributed by atoms with Gasteiger partial charge in [0.25, 0.3) is 0 Å². The number of carbonyl (C=O) groups excluding carboxylic acids is 1. The molecule has 0 aliphatic carbocycles. The van der Waals surface area contributed by atoms with E-state index < -0.39 is 26.6 Å². The Bertz CT molecular complexity index is 643. The zero-order valence-corrected chi connectivity index (χ0v) is 12.2. The van der Waals surface area contributed by atoms with E-state index in [2.05, 4.69) is 5.32 Å². The van der Waals surface area contributed by atoms with E-state index in [4.69, 9.17) is 0 Å². The summed E-state index contributed by atoms with van der Waals surface area (Å²) in [5.41, 5.74) is 0. The largest absolute Gasteiger partial charge is 0.341 e. The van der Waals surface area contributed by atoms with Crippen molar-refractivity contribution < 1.29 is 22.0 Å². The van der Waals surface area contributed by atoms with Crippen molar-refractivity contribution in [2.24, 2.45) is 0 Å². The Kier molecular flexibility index (Phi) is 4.43. The van der Waals surface area contributed by atoms with Crippen LogP contribution in [0, 0.1) is 11.6 Å². The molecule has 2 rings (SSSR count). The van der Waals surface area contributed by atoms with Crippen molar-refractivity contribution in [1.82, 2.24) is 14.5 Å². The number of benzene rings is 1. The molecule has 0 saturated carbocycles. The molecule has 0 bridgehead atoms. The Morgan fingerprint density at radius 3 is 2.38 bits per heavy atom. The third-order valence-electron chi connectivity index (χ3n) is 3.25. The molecule has 6 nitrogen and oxygen atoms in total. The van der Waals surface area contributed by atoms with Gasteiger partial charge >= 0.3 is 6.03 Å². The summed E-state index contributed by atoms with van der Waals surface area (Å²) in [7, 11) is -2.63. The van der Waals surface area contributed by atoms with Crippen LogP contribution in [0.2, 0.25) is 0 Å². The average molecular weight is 319 g/mol. The molecule has 1 aliphatic heterocycles. The number of urea groups is 1. The number of nitrogens with one attached hydrogen (secondary N) is 1. The fraction of sp³-hybridized carbons (Fsp3) is 0.417. The van der Waals surface area contributed by atoms with Gasteiger partial charge in [0.15, 0.2) is 0 Å². The topological polar surface area (TPSA) is 69.7 Å². The molecule has 2 amide bonds. The molecule has 1 saturated heterocycles. The van der Waals surface area contributed by atoms with E-state index in [1.54, 1.807) is 0 Å². The lowest BCUT2D eigenvalue weighted by atomic mass is 10.3. The van der Waals surface area contributed by atoms with Crippen LogP contribution in [0.4, 0.5) is 13.6 Å². The SMILES string of the molecule is CNC(=O)N1CCN(S(=O)(=O)c2cc(F)ccc2F)CC1. The molecule has 1 aromatic carbocycles. The lowest BCUT2D eigenvalue weighted by molar-refractivity contribution is 0.174. The minimum Gasteiger partial charge on any atom is -0.341 e. The number of sulfonamides is 1. The summed E-state index contributed by atoms with van der Waals surface area (Å²) in [4.78, 5) is 12.2. The van der Waals surface area contributed by atoms with Crippen molar-refractivity contribution in [3.63, 3.8) is 0 Å². The molecule has 1 fully saturated rings. The molecule has 1 aromatic rings. The third kappa shape index (κ3) is 3.13. The maximum absolute atomic E-state index is 13.6. The predicted octanol–water partition coefficient (Wildman–Crippen LogP) is 0.610. The van der Waals surface area contributed by atoms with E-state index in [0.717, 1.165) is 16.4 Å². The molecule has 1 N–H and O–H groups in total. The van der Waals surface area contributed by atoms with Gasteiger partial charge in [-0.15, -0.1) is 0 Å². The first-order valence-electron chi connectivity index (χ1n) is 6.28. The summed E-state index contributed by atoms with van der Waals surface area (Å²) < 4.78 is 52.4. The lowest BCUT2D eigenvalue weighted by Gasteiger charge is -2.33. The van der Waals surface area contributed by atoms with Crippen LogP contribution in [-0.4, -0.2) is 56.9 Å². The standard InChI is InChI=1S/C12H15F2N3O3S/c1-15-12(18)16-4-6-17(7-5-16)21(19,20)11-8-9(13)2-3-10(11)14/h2-3,8H,4-7H2,1H3,(H,15,18). The number of carbonyl (C=O) groups is 1. The maximum Gasteiger partial charge on any atom is 0.317 e. The van der Waals surface area contributed by atoms with Crippen molar-refractivity contribution in [3.8, 4) is 0 Å². The van der Waals surface area contributed by atoms with Crippen LogP contribution >= 0.6 is 0 Å². The van der Waals surface area contributed by atoms with Gasteiger partial charge in [0, 0.05) is 33.2 Å². The molecule has 1 aliphatic rings. The zero-order chi connectivity index (χ0) is 15.6. The molecule has 0 radical (unpaired) electrons. The summed E-state index contributed by atoms with van der Waals surface area (Å²) in [5, 5.41) is 2.45. The molecule has 21 heavy (non-hydrogen) atoms. The number of piperazine rings is 1. The van der Waals surface area contributed by atoms with E-state index in [0.29, 0.717) is 6.07 Å². The fourth-order valence-electron chi connectivity index (χ4n) is 2.10. The van der Waals surface area contributed by atoms with Crippen LogP contribution in [0.5, 0.6) is 0 Å². The summed E-state index contributed by atoms with van der Waals surface area (Å²) in [6.07, 6.45) is 0. The van der Waals surface area contributed by atoms with E-state index in [-0.39, 0.29) is 32.2 Å². The maximum atomic E-state index is 13.6. The molecule has 1 heterocycles. The van der Waals surface area contributed by atoms with Gasteiger partial charge in [-0.25, -0.2) is 22.0 Å². The number of hydrogen-bond acceptors (Lipinski definition) is 3. The number of nitrogens with zero attached hydrogens (tertiary/aromatic N) is 2. The lowest BCUT2D eigenvalue weighted by Crippen LogP contribution is -2.52. The van der Waals surface area contributed by atoms with Crippen LogP contribution < -0.4 is 5.32 Å². The first-order valence-corrected chi connectivity index (χ1v) is 7.72. The highest BCUT2D eigenvalue weighted by Crippen LogP contribution is 2.21. The minimum absolute atomic E-state index is 0.0334. The second-order valence-corrected chi connectivity index (χ2v) is 6.43. The van der Waals surface area contributed by atoms with Gasteiger partial charge in [-0.1, -0.05) is 0 Å². The van der Waals surface area contributed by atoms with Gasteiger partial charge in [0.1, 0.15) is 16.5 Å². The molecule has 116 valence electrons. The molecule has 0 spiro atoms. The average Bonchev–Trinajstić information content (AvgIpc) is 2.49. The summed E-state index contributed by atoms with van der Waals surface area (Å²) in [5.74, 6) is -1.82. The monoisotopic (exact) mass is 319 g/mol. The van der Waals surface area contributed by atoms with Crippen molar-refractivity contribution in [3.05, 3.63) is 29.8 Å². The summed E-state index contributed by atoms with van der Waals surface area (Å²) >= 11 is 0. The van der Waals surface area contributed by atoms with Crippen molar-refractivity contribution in [2.75, 3.05) is 33.2 Å². The van der Waals surface area contributed by atoms with Crippen LogP contribution in [0.15, 0.2) is 23.1 Å². The molecule has 0 atom stereocenters. The normalized spacial score (nSPS) is 16.8. The number of rotatable bonds is 2. The Morgan fingerprint density at radius 1 is 1.19 bits per heavy atom. The van der Waals surface area contributed by atoms with Crippen LogP contribution in [0.1, 0.15) is 0 Å². The van der Waals surface area contributed by atoms with E-state index in [1.807, 2.05) is 0 Å². The first-order chi connectivity index (χ1) is 9.86. The molecule has 9 heteroatoms. The van der Waals surface area contributed by atoms with Gasteiger partial charge in [0.05, 0.1) is 0 Å². The Balaban J connectivity index is 2.19. The number of hydrogen-bond donors (Lipinski definition) is 1. The van der Waals surface area contributed by atoms with Crippen LogP contribution in [0.25, 0.3) is 0 Å². The summed E-state index contributed by atoms with van der Waals surface area (Å²) in [6, 6.07) is 2.00. The Labute approximate surface area is 121 Å². The zero-order valence-electron chi connectivity index (χ0n) is 11.3. The quantitative estimate of drug-likeness (QED) is 0.868. The van der Waals surface area contributed by atoms with E-state index in [1.165, 1.54) is 11.9 Å². The minimum atomic E-state index is -4.11. The van der Waals surface area contributed by atoms with E-state index in [9.17, 15) is 22.0 Å². The smallest absolute Gasteiger partial charge is 0.317 e. The Hall–Kier alpha value is -1.74. The van der Waals surface area contributed by atoms with Crippen molar-refractivity contribution in [2.45, 2.75) is 4.90 Å².